The number of nitrogens with one attached hydrogen (secondary N) is 1. The van der Waals surface area contributed by atoms with Crippen LogP contribution in [0, 0.1) is 0 Å². The first-order valence-corrected chi connectivity index (χ1v) is 6.79. The van der Waals surface area contributed by atoms with Gasteiger partial charge in [0, 0.05) is 13.2 Å². The molecule has 2 rings (SSSR count). The zero-order chi connectivity index (χ0) is 14.6. The van der Waals surface area contributed by atoms with E-state index in [0.717, 1.165) is 17.8 Å². The van der Waals surface area contributed by atoms with Gasteiger partial charge in [0.1, 0.15) is 0 Å². The standard InChI is InChI=1S/C15H22N4O/c1-12(11-15(2,3)20-4)17-13-7-5-6-8-14(13)19-10-9-16-18-19/h5-10,12,17H,11H2,1-4H3. The second kappa shape index (κ2) is 6.05. The zero-order valence-electron chi connectivity index (χ0n) is 12.5. The Hall–Kier alpha value is -1.88. The third-order valence-electron chi connectivity index (χ3n) is 3.33. The van der Waals surface area contributed by atoms with Gasteiger partial charge in [0.05, 0.1) is 29.4 Å². The molecule has 1 N–H and O–H groups in total. The fourth-order valence-corrected chi connectivity index (χ4v) is 2.27. The highest BCUT2D eigenvalue weighted by Gasteiger charge is 2.20. The number of rotatable bonds is 6. The molecule has 1 aromatic carbocycles. The summed E-state index contributed by atoms with van der Waals surface area (Å²) in [7, 11) is 1.75. The van der Waals surface area contributed by atoms with Crippen LogP contribution in [0.2, 0.25) is 0 Å². The Kier molecular flexibility index (Phi) is 4.39. The van der Waals surface area contributed by atoms with E-state index in [2.05, 4.69) is 36.4 Å². The molecule has 1 aromatic heterocycles. The zero-order valence-corrected chi connectivity index (χ0v) is 12.5. The van der Waals surface area contributed by atoms with Gasteiger partial charge in [0.15, 0.2) is 0 Å². The Labute approximate surface area is 120 Å². The lowest BCUT2D eigenvalue weighted by Gasteiger charge is -2.28. The van der Waals surface area contributed by atoms with Crippen LogP contribution in [0.15, 0.2) is 36.7 Å². The van der Waals surface area contributed by atoms with Gasteiger partial charge < -0.3 is 10.1 Å². The van der Waals surface area contributed by atoms with Crippen molar-refractivity contribution >= 4 is 5.69 Å². The van der Waals surface area contributed by atoms with Crippen LogP contribution in [0.4, 0.5) is 5.69 Å². The minimum atomic E-state index is -0.144. The van der Waals surface area contributed by atoms with Gasteiger partial charge >= 0.3 is 0 Å². The second-order valence-electron chi connectivity index (χ2n) is 5.58. The molecule has 1 atom stereocenters. The fraction of sp³-hybridized carbons (Fsp3) is 0.467. The summed E-state index contributed by atoms with van der Waals surface area (Å²) in [5.74, 6) is 0. The predicted molar refractivity (Wildman–Crippen MR) is 80.1 cm³/mol. The van der Waals surface area contributed by atoms with Crippen LogP contribution in [0.25, 0.3) is 5.69 Å². The highest BCUT2D eigenvalue weighted by atomic mass is 16.5. The quantitative estimate of drug-likeness (QED) is 0.880. The Morgan fingerprint density at radius 3 is 2.75 bits per heavy atom. The number of aromatic nitrogens is 3. The molecule has 0 bridgehead atoms. The van der Waals surface area contributed by atoms with Crippen LogP contribution in [0.5, 0.6) is 0 Å². The number of ether oxygens (including phenoxy) is 1. The van der Waals surface area contributed by atoms with Gasteiger partial charge in [-0.3, -0.25) is 0 Å². The highest BCUT2D eigenvalue weighted by molar-refractivity contribution is 5.60. The first-order chi connectivity index (χ1) is 9.52. The molecular formula is C15H22N4O. The Bertz CT molecular complexity index is 537. The summed E-state index contributed by atoms with van der Waals surface area (Å²) in [5.41, 5.74) is 1.89. The van der Waals surface area contributed by atoms with Gasteiger partial charge in [-0.2, -0.15) is 0 Å². The molecule has 5 nitrogen and oxygen atoms in total. The van der Waals surface area contributed by atoms with Gasteiger partial charge in [-0.1, -0.05) is 17.3 Å². The summed E-state index contributed by atoms with van der Waals surface area (Å²) in [5, 5.41) is 11.4. The van der Waals surface area contributed by atoms with Gasteiger partial charge in [0.25, 0.3) is 0 Å². The van der Waals surface area contributed by atoms with E-state index in [1.54, 1.807) is 18.0 Å². The molecule has 0 fully saturated rings. The molecule has 0 saturated carbocycles. The van der Waals surface area contributed by atoms with Crippen molar-refractivity contribution in [1.82, 2.24) is 15.0 Å². The molecule has 0 spiro atoms. The molecule has 2 aromatic rings. The minimum Gasteiger partial charge on any atom is -0.381 e. The molecule has 108 valence electrons. The average Bonchev–Trinajstić information content (AvgIpc) is 2.92. The van der Waals surface area contributed by atoms with Crippen molar-refractivity contribution in [2.75, 3.05) is 12.4 Å². The minimum absolute atomic E-state index is 0.144. The van der Waals surface area contributed by atoms with E-state index in [9.17, 15) is 0 Å². The summed E-state index contributed by atoms with van der Waals surface area (Å²) >= 11 is 0. The molecule has 0 radical (unpaired) electrons. The Balaban J connectivity index is 2.14. The molecule has 0 aliphatic heterocycles. The van der Waals surface area contributed by atoms with Crippen molar-refractivity contribution in [3.8, 4) is 5.69 Å². The number of anilines is 1. The van der Waals surface area contributed by atoms with Gasteiger partial charge in [-0.15, -0.1) is 5.10 Å². The topological polar surface area (TPSA) is 52.0 Å². The summed E-state index contributed by atoms with van der Waals surface area (Å²) in [4.78, 5) is 0. The number of hydrogen-bond acceptors (Lipinski definition) is 4. The van der Waals surface area contributed by atoms with Crippen LogP contribution in [-0.2, 0) is 4.74 Å². The molecule has 1 heterocycles. The van der Waals surface area contributed by atoms with Gasteiger partial charge in [0.2, 0.25) is 0 Å². The number of benzene rings is 1. The molecule has 0 aliphatic carbocycles. The number of para-hydroxylation sites is 2. The van der Waals surface area contributed by atoms with Gasteiger partial charge in [-0.05, 0) is 39.3 Å². The van der Waals surface area contributed by atoms with Crippen molar-refractivity contribution in [2.45, 2.75) is 38.8 Å². The lowest BCUT2D eigenvalue weighted by atomic mass is 9.99. The normalized spacial score (nSPS) is 13.2. The molecular weight excluding hydrogens is 252 g/mol. The van der Waals surface area contributed by atoms with Crippen molar-refractivity contribution in [2.24, 2.45) is 0 Å². The van der Waals surface area contributed by atoms with E-state index >= 15 is 0 Å². The maximum absolute atomic E-state index is 5.48. The number of methoxy groups -OCH3 is 1. The maximum atomic E-state index is 5.48. The van der Waals surface area contributed by atoms with E-state index in [1.165, 1.54) is 0 Å². The van der Waals surface area contributed by atoms with Crippen molar-refractivity contribution in [1.29, 1.82) is 0 Å². The SMILES string of the molecule is COC(C)(C)CC(C)Nc1ccccc1-n1ccnn1. The molecule has 20 heavy (non-hydrogen) atoms. The average molecular weight is 274 g/mol. The van der Waals surface area contributed by atoms with Crippen molar-refractivity contribution < 1.29 is 4.74 Å². The lowest BCUT2D eigenvalue weighted by molar-refractivity contribution is 0.0128. The molecule has 5 heteroatoms. The van der Waals surface area contributed by atoms with Crippen molar-refractivity contribution in [3.63, 3.8) is 0 Å². The van der Waals surface area contributed by atoms with Crippen LogP contribution < -0.4 is 5.32 Å². The lowest BCUT2D eigenvalue weighted by Crippen LogP contribution is -2.31. The van der Waals surface area contributed by atoms with Crippen LogP contribution >= 0.6 is 0 Å². The Morgan fingerprint density at radius 1 is 1.35 bits per heavy atom. The van der Waals surface area contributed by atoms with E-state index < -0.39 is 0 Å². The van der Waals surface area contributed by atoms with E-state index in [-0.39, 0.29) is 11.6 Å². The first kappa shape index (κ1) is 14.5. The van der Waals surface area contributed by atoms with E-state index in [4.69, 9.17) is 4.74 Å². The van der Waals surface area contributed by atoms with Crippen molar-refractivity contribution in [3.05, 3.63) is 36.7 Å². The summed E-state index contributed by atoms with van der Waals surface area (Å²) in [6.45, 7) is 6.34. The largest absolute Gasteiger partial charge is 0.381 e. The molecule has 0 aliphatic rings. The first-order valence-electron chi connectivity index (χ1n) is 6.79. The molecule has 0 amide bonds. The highest BCUT2D eigenvalue weighted by Crippen LogP contribution is 2.23. The summed E-state index contributed by atoms with van der Waals surface area (Å²) < 4.78 is 7.24. The molecule has 0 saturated heterocycles. The second-order valence-corrected chi connectivity index (χ2v) is 5.58. The number of hydrogen-bond donors (Lipinski definition) is 1. The summed E-state index contributed by atoms with van der Waals surface area (Å²) in [6.07, 6.45) is 4.42. The third-order valence-corrected chi connectivity index (χ3v) is 3.33. The van der Waals surface area contributed by atoms with E-state index in [0.29, 0.717) is 0 Å². The smallest absolute Gasteiger partial charge is 0.0894 e. The third kappa shape index (κ3) is 3.57. The maximum Gasteiger partial charge on any atom is 0.0894 e. The van der Waals surface area contributed by atoms with Crippen LogP contribution in [0.3, 0.4) is 0 Å². The Morgan fingerprint density at radius 2 is 2.10 bits per heavy atom. The predicted octanol–water partition coefficient (Wildman–Crippen LogP) is 2.88. The van der Waals surface area contributed by atoms with Gasteiger partial charge in [-0.25, -0.2) is 4.68 Å². The van der Waals surface area contributed by atoms with E-state index in [1.807, 2.05) is 30.5 Å². The van der Waals surface area contributed by atoms with Crippen LogP contribution in [-0.4, -0.2) is 33.7 Å². The molecule has 1 unspecified atom stereocenters. The monoisotopic (exact) mass is 274 g/mol. The number of nitrogens with zero attached hydrogens (tertiary/aromatic N) is 3. The van der Waals surface area contributed by atoms with Crippen LogP contribution in [0.1, 0.15) is 27.2 Å². The fourth-order valence-electron chi connectivity index (χ4n) is 2.27. The summed E-state index contributed by atoms with van der Waals surface area (Å²) in [6, 6.07) is 8.36.